The van der Waals surface area contributed by atoms with Crippen LogP contribution < -0.4 is 10.6 Å². The normalized spacial score (nSPS) is 13.6. The molecule has 0 bridgehead atoms. The van der Waals surface area contributed by atoms with Gasteiger partial charge in [0.1, 0.15) is 29.3 Å². The van der Waals surface area contributed by atoms with Crippen molar-refractivity contribution in [1.82, 2.24) is 15.5 Å². The first-order valence-corrected chi connectivity index (χ1v) is 16.0. The monoisotopic (exact) mass is 643 g/mol. The Bertz CT molecular complexity index is 1460. The third-order valence-corrected chi connectivity index (χ3v) is 7.01. The lowest BCUT2D eigenvalue weighted by Gasteiger charge is -2.38. The number of rotatable bonds is 12. The maximum absolute atomic E-state index is 14.6. The number of carbonyl (C=O) groups is 4. The van der Waals surface area contributed by atoms with E-state index in [0.29, 0.717) is 5.56 Å². The molecule has 3 aromatic carbocycles. The summed E-state index contributed by atoms with van der Waals surface area (Å²) in [6, 6.07) is 23.9. The molecule has 0 aliphatic rings. The van der Waals surface area contributed by atoms with E-state index < -0.39 is 59.2 Å². The fraction of sp³-hybridized carbons (Fsp3) is 0.421. The maximum atomic E-state index is 14.6. The van der Waals surface area contributed by atoms with Gasteiger partial charge in [-0.15, -0.1) is 0 Å². The van der Waals surface area contributed by atoms with Crippen LogP contribution in [0.15, 0.2) is 91.0 Å². The van der Waals surface area contributed by atoms with Crippen LogP contribution in [0.5, 0.6) is 0 Å². The van der Waals surface area contributed by atoms with Gasteiger partial charge in [-0.25, -0.2) is 9.59 Å². The van der Waals surface area contributed by atoms with E-state index in [0.717, 1.165) is 11.1 Å². The molecule has 3 amide bonds. The highest BCUT2D eigenvalue weighted by atomic mass is 16.6. The first kappa shape index (κ1) is 36.8. The smallest absolute Gasteiger partial charge is 0.408 e. The number of ether oxygens (including phenoxy) is 2. The Hall–Kier alpha value is -4.66. The van der Waals surface area contributed by atoms with Crippen molar-refractivity contribution in [1.29, 1.82) is 0 Å². The Kier molecular flexibility index (Phi) is 12.7. The van der Waals surface area contributed by atoms with Crippen molar-refractivity contribution in [3.8, 4) is 0 Å². The minimum atomic E-state index is -1.14. The molecular weight excluding hydrogens is 594 g/mol. The molecule has 0 aliphatic carbocycles. The molecule has 3 unspecified atom stereocenters. The lowest BCUT2D eigenvalue weighted by Crippen LogP contribution is -2.57. The quantitative estimate of drug-likeness (QED) is 0.228. The van der Waals surface area contributed by atoms with Gasteiger partial charge < -0.3 is 25.0 Å². The standard InChI is InChI=1S/C38H49N3O6/c1-26(2)41(34(43)30(24-27-18-12-9-13-19-27)40-36(45)47-38(6,7)8)32(29-22-16-11-17-23-29)33(42)39-31(35(44)46-37(3,4)5)25-28-20-14-10-15-21-28/h9-23,26,30-32H,24-25H2,1-8H3,(H,39,42)(H,40,45). The SMILES string of the molecule is CC(C)N(C(=O)C(Cc1ccccc1)NC(=O)OC(C)(C)C)C(C(=O)NC(Cc1ccccc1)C(=O)OC(C)(C)C)c1ccccc1. The number of benzene rings is 3. The highest BCUT2D eigenvalue weighted by molar-refractivity contribution is 5.94. The maximum Gasteiger partial charge on any atom is 0.408 e. The molecule has 252 valence electrons. The van der Waals surface area contributed by atoms with Gasteiger partial charge in [0.25, 0.3) is 0 Å². The van der Waals surface area contributed by atoms with Crippen molar-refractivity contribution >= 4 is 23.9 Å². The summed E-state index contributed by atoms with van der Waals surface area (Å²) in [7, 11) is 0. The first-order chi connectivity index (χ1) is 22.0. The third kappa shape index (κ3) is 11.9. The van der Waals surface area contributed by atoms with E-state index >= 15 is 0 Å². The zero-order valence-electron chi connectivity index (χ0n) is 28.8. The van der Waals surface area contributed by atoms with Gasteiger partial charge in [-0.1, -0.05) is 91.0 Å². The predicted octanol–water partition coefficient (Wildman–Crippen LogP) is 6.17. The van der Waals surface area contributed by atoms with E-state index in [9.17, 15) is 19.2 Å². The number of hydrogen-bond acceptors (Lipinski definition) is 6. The Morgan fingerprint density at radius 1 is 0.638 bits per heavy atom. The van der Waals surface area contributed by atoms with Gasteiger partial charge in [0, 0.05) is 18.9 Å². The molecule has 0 radical (unpaired) electrons. The van der Waals surface area contributed by atoms with Crippen molar-refractivity contribution in [2.45, 2.75) is 104 Å². The molecule has 3 aromatic rings. The van der Waals surface area contributed by atoms with Gasteiger partial charge in [-0.2, -0.15) is 0 Å². The summed E-state index contributed by atoms with van der Waals surface area (Å²) in [5, 5.41) is 5.68. The molecular formula is C38H49N3O6. The topological polar surface area (TPSA) is 114 Å². The third-order valence-electron chi connectivity index (χ3n) is 7.01. The molecule has 3 rings (SSSR count). The fourth-order valence-corrected chi connectivity index (χ4v) is 5.10. The Balaban J connectivity index is 2.05. The van der Waals surface area contributed by atoms with E-state index in [-0.39, 0.29) is 12.8 Å². The summed E-state index contributed by atoms with van der Waals surface area (Å²) in [6.07, 6.45) is -0.390. The molecule has 0 saturated carbocycles. The van der Waals surface area contributed by atoms with Crippen LogP contribution >= 0.6 is 0 Å². The predicted molar refractivity (Wildman–Crippen MR) is 182 cm³/mol. The Morgan fingerprint density at radius 3 is 1.53 bits per heavy atom. The van der Waals surface area contributed by atoms with Crippen LogP contribution in [0, 0.1) is 0 Å². The zero-order chi connectivity index (χ0) is 34.8. The van der Waals surface area contributed by atoms with E-state index in [1.54, 1.807) is 65.8 Å². The first-order valence-electron chi connectivity index (χ1n) is 16.0. The molecule has 0 aliphatic heterocycles. The van der Waals surface area contributed by atoms with Gasteiger partial charge in [-0.3, -0.25) is 9.59 Å². The summed E-state index contributed by atoms with van der Waals surface area (Å²) >= 11 is 0. The lowest BCUT2D eigenvalue weighted by molar-refractivity contribution is -0.159. The van der Waals surface area contributed by atoms with Gasteiger partial charge in [-0.05, 0) is 72.1 Å². The van der Waals surface area contributed by atoms with Gasteiger partial charge in [0.05, 0.1) is 0 Å². The highest BCUT2D eigenvalue weighted by Crippen LogP contribution is 2.26. The van der Waals surface area contributed by atoms with E-state index in [1.165, 1.54) is 4.90 Å². The number of carbonyl (C=O) groups excluding carboxylic acids is 4. The molecule has 0 heterocycles. The van der Waals surface area contributed by atoms with Crippen molar-refractivity contribution in [3.05, 3.63) is 108 Å². The Labute approximate surface area is 279 Å². The number of esters is 1. The second-order valence-corrected chi connectivity index (χ2v) is 13.8. The zero-order valence-corrected chi connectivity index (χ0v) is 28.8. The molecule has 9 nitrogen and oxygen atoms in total. The van der Waals surface area contributed by atoms with Gasteiger partial charge in [0.15, 0.2) is 0 Å². The second-order valence-electron chi connectivity index (χ2n) is 13.8. The largest absolute Gasteiger partial charge is 0.458 e. The summed E-state index contributed by atoms with van der Waals surface area (Å²) in [5.74, 6) is -1.62. The van der Waals surface area contributed by atoms with Crippen LogP contribution in [0.1, 0.15) is 78.1 Å². The highest BCUT2D eigenvalue weighted by Gasteiger charge is 2.39. The van der Waals surface area contributed by atoms with Gasteiger partial charge in [0.2, 0.25) is 11.8 Å². The fourth-order valence-electron chi connectivity index (χ4n) is 5.10. The second kappa shape index (κ2) is 16.3. The molecule has 0 spiro atoms. The van der Waals surface area contributed by atoms with E-state index in [1.807, 2.05) is 80.6 Å². The van der Waals surface area contributed by atoms with E-state index in [4.69, 9.17) is 9.47 Å². The van der Waals surface area contributed by atoms with Crippen LogP contribution in [0.25, 0.3) is 0 Å². The number of alkyl carbamates (subject to hydrolysis) is 1. The van der Waals surface area contributed by atoms with E-state index in [2.05, 4.69) is 10.6 Å². The minimum Gasteiger partial charge on any atom is -0.458 e. The summed E-state index contributed by atoms with van der Waals surface area (Å²) in [5.41, 5.74) is 0.628. The number of amides is 3. The van der Waals surface area contributed by atoms with Crippen LogP contribution in [0.3, 0.4) is 0 Å². The molecule has 47 heavy (non-hydrogen) atoms. The Morgan fingerprint density at radius 2 is 1.09 bits per heavy atom. The van der Waals surface area contributed by atoms with Crippen molar-refractivity contribution in [2.75, 3.05) is 0 Å². The number of hydrogen-bond donors (Lipinski definition) is 2. The van der Waals surface area contributed by atoms with Crippen molar-refractivity contribution in [3.63, 3.8) is 0 Å². The average molecular weight is 644 g/mol. The van der Waals surface area contributed by atoms with Crippen LogP contribution in [-0.2, 0) is 36.7 Å². The summed E-state index contributed by atoms with van der Waals surface area (Å²) < 4.78 is 11.2. The summed E-state index contributed by atoms with van der Waals surface area (Å²) in [4.78, 5) is 57.0. The van der Waals surface area contributed by atoms with Gasteiger partial charge >= 0.3 is 12.1 Å². The number of nitrogens with one attached hydrogen (secondary N) is 2. The van der Waals surface area contributed by atoms with Crippen LogP contribution in [0.2, 0.25) is 0 Å². The molecule has 2 N–H and O–H groups in total. The van der Waals surface area contributed by atoms with Crippen LogP contribution in [0.4, 0.5) is 4.79 Å². The van der Waals surface area contributed by atoms with Crippen molar-refractivity contribution < 1.29 is 28.7 Å². The molecule has 9 heteroatoms. The van der Waals surface area contributed by atoms with Crippen LogP contribution in [-0.4, -0.2) is 58.1 Å². The summed E-state index contributed by atoms with van der Waals surface area (Å²) in [6.45, 7) is 14.1. The molecule has 0 fully saturated rings. The lowest BCUT2D eigenvalue weighted by atomic mass is 9.98. The molecule has 0 aromatic heterocycles. The molecule has 3 atom stereocenters. The molecule has 0 saturated heterocycles. The number of nitrogens with zero attached hydrogens (tertiary/aromatic N) is 1. The van der Waals surface area contributed by atoms with Crippen molar-refractivity contribution in [2.24, 2.45) is 0 Å². The average Bonchev–Trinajstić information content (AvgIpc) is 2.98. The minimum absolute atomic E-state index is 0.166.